The van der Waals surface area contributed by atoms with E-state index in [0.717, 1.165) is 16.5 Å². The van der Waals surface area contributed by atoms with E-state index < -0.39 is 5.97 Å². The van der Waals surface area contributed by atoms with Crippen molar-refractivity contribution in [2.75, 3.05) is 6.61 Å². The number of hydrogen-bond donors (Lipinski definition) is 0. The number of ether oxygens (including phenoxy) is 1. The Morgan fingerprint density at radius 1 is 1.17 bits per heavy atom. The van der Waals surface area contributed by atoms with Crippen LogP contribution in [0.15, 0.2) is 42.5 Å². The number of carbonyl (C=O) groups excluding carboxylic acids is 1. The molecule has 0 bridgehead atoms. The second-order valence-corrected chi connectivity index (χ2v) is 6.15. The van der Waals surface area contributed by atoms with Crippen LogP contribution in [-0.2, 0) is 4.74 Å². The van der Waals surface area contributed by atoms with Crippen molar-refractivity contribution in [1.82, 2.24) is 4.98 Å². The fourth-order valence-corrected chi connectivity index (χ4v) is 3.16. The van der Waals surface area contributed by atoms with Crippen molar-refractivity contribution in [2.24, 2.45) is 0 Å². The van der Waals surface area contributed by atoms with E-state index in [1.165, 1.54) is 0 Å². The third-order valence-electron chi connectivity index (χ3n) is 3.75. The Labute approximate surface area is 150 Å². The Kier molecular flexibility index (Phi) is 4.74. The zero-order valence-corrected chi connectivity index (χ0v) is 14.8. The number of carbonyl (C=O) groups is 1. The summed E-state index contributed by atoms with van der Waals surface area (Å²) in [5, 5.41) is 1.88. The first-order chi connectivity index (χ1) is 11.5. The highest BCUT2D eigenvalue weighted by molar-refractivity contribution is 6.34. The quantitative estimate of drug-likeness (QED) is 0.563. The molecule has 5 heteroatoms. The Morgan fingerprint density at radius 3 is 2.62 bits per heavy atom. The van der Waals surface area contributed by atoms with E-state index in [1.807, 2.05) is 24.3 Å². The SMILES string of the molecule is CCOC(=O)c1c(C)nc2ccc(Cl)cc2c1-c1ccccc1Cl. The maximum atomic E-state index is 12.6. The van der Waals surface area contributed by atoms with Gasteiger partial charge in [0.15, 0.2) is 0 Å². The Morgan fingerprint density at radius 2 is 1.92 bits per heavy atom. The minimum atomic E-state index is -0.417. The van der Waals surface area contributed by atoms with E-state index in [9.17, 15) is 4.79 Å². The molecule has 122 valence electrons. The summed E-state index contributed by atoms with van der Waals surface area (Å²) in [6.45, 7) is 3.85. The predicted octanol–water partition coefficient (Wildman–Crippen LogP) is 5.69. The monoisotopic (exact) mass is 359 g/mol. The lowest BCUT2D eigenvalue weighted by atomic mass is 9.94. The van der Waals surface area contributed by atoms with Crippen LogP contribution < -0.4 is 0 Å². The molecule has 0 spiro atoms. The van der Waals surface area contributed by atoms with Crippen LogP contribution in [-0.4, -0.2) is 17.6 Å². The average Bonchev–Trinajstić information content (AvgIpc) is 2.55. The molecule has 0 unspecified atom stereocenters. The lowest BCUT2D eigenvalue weighted by Gasteiger charge is -2.16. The number of pyridine rings is 1. The highest BCUT2D eigenvalue weighted by atomic mass is 35.5. The first-order valence-electron chi connectivity index (χ1n) is 7.54. The van der Waals surface area contributed by atoms with Crippen molar-refractivity contribution in [3.05, 3.63) is 63.8 Å². The van der Waals surface area contributed by atoms with Crippen LogP contribution >= 0.6 is 23.2 Å². The topological polar surface area (TPSA) is 39.2 Å². The van der Waals surface area contributed by atoms with Crippen molar-refractivity contribution < 1.29 is 9.53 Å². The Bertz CT molecular complexity index is 938. The zero-order valence-electron chi connectivity index (χ0n) is 13.3. The summed E-state index contributed by atoms with van der Waals surface area (Å²) in [6, 6.07) is 12.8. The van der Waals surface area contributed by atoms with Gasteiger partial charge in [-0.3, -0.25) is 4.98 Å². The van der Waals surface area contributed by atoms with Crippen LogP contribution in [0.3, 0.4) is 0 Å². The number of rotatable bonds is 3. The Hall–Kier alpha value is -2.10. The summed E-state index contributed by atoms with van der Waals surface area (Å²) in [5.74, 6) is -0.417. The minimum absolute atomic E-state index is 0.286. The predicted molar refractivity (Wildman–Crippen MR) is 97.9 cm³/mol. The number of hydrogen-bond acceptors (Lipinski definition) is 3. The minimum Gasteiger partial charge on any atom is -0.462 e. The molecule has 0 aliphatic heterocycles. The maximum Gasteiger partial charge on any atom is 0.340 e. The van der Waals surface area contributed by atoms with E-state index in [4.69, 9.17) is 27.9 Å². The molecule has 0 amide bonds. The molecule has 0 fully saturated rings. The number of esters is 1. The van der Waals surface area contributed by atoms with E-state index >= 15 is 0 Å². The van der Waals surface area contributed by atoms with Crippen LogP contribution in [0.5, 0.6) is 0 Å². The zero-order chi connectivity index (χ0) is 17.3. The van der Waals surface area contributed by atoms with Crippen molar-refractivity contribution in [1.29, 1.82) is 0 Å². The van der Waals surface area contributed by atoms with Crippen LogP contribution in [0.1, 0.15) is 23.0 Å². The molecule has 0 aliphatic carbocycles. The Balaban J connectivity index is 2.45. The number of nitrogens with zero attached hydrogens (tertiary/aromatic N) is 1. The van der Waals surface area contributed by atoms with Gasteiger partial charge in [0.2, 0.25) is 0 Å². The first kappa shape index (κ1) is 16.7. The van der Waals surface area contributed by atoms with Crippen LogP contribution in [0.2, 0.25) is 10.0 Å². The van der Waals surface area contributed by atoms with Gasteiger partial charge >= 0.3 is 5.97 Å². The van der Waals surface area contributed by atoms with Crippen molar-refractivity contribution in [3.63, 3.8) is 0 Å². The molecule has 3 nitrogen and oxygen atoms in total. The molecule has 3 aromatic rings. The number of benzene rings is 2. The largest absolute Gasteiger partial charge is 0.462 e. The fourth-order valence-electron chi connectivity index (χ4n) is 2.75. The van der Waals surface area contributed by atoms with Crippen LogP contribution in [0.4, 0.5) is 0 Å². The summed E-state index contributed by atoms with van der Waals surface area (Å²) in [4.78, 5) is 17.1. The molecule has 1 aromatic heterocycles. The molecule has 0 saturated carbocycles. The van der Waals surface area contributed by atoms with Gasteiger partial charge in [0.25, 0.3) is 0 Å². The molecule has 0 N–H and O–H groups in total. The summed E-state index contributed by atoms with van der Waals surface area (Å²) < 4.78 is 5.23. The van der Waals surface area contributed by atoms with Gasteiger partial charge < -0.3 is 4.74 Å². The van der Waals surface area contributed by atoms with Gasteiger partial charge in [-0.05, 0) is 38.1 Å². The molecular formula is C19H15Cl2NO2. The average molecular weight is 360 g/mol. The van der Waals surface area contributed by atoms with E-state index in [2.05, 4.69) is 4.98 Å². The summed E-state index contributed by atoms with van der Waals surface area (Å²) in [6.07, 6.45) is 0. The maximum absolute atomic E-state index is 12.6. The lowest BCUT2D eigenvalue weighted by Crippen LogP contribution is -2.11. The van der Waals surface area contributed by atoms with Gasteiger partial charge in [-0.2, -0.15) is 0 Å². The highest BCUT2D eigenvalue weighted by Gasteiger charge is 2.22. The van der Waals surface area contributed by atoms with E-state index in [-0.39, 0.29) is 6.61 Å². The first-order valence-corrected chi connectivity index (χ1v) is 8.30. The molecular weight excluding hydrogens is 345 g/mol. The third-order valence-corrected chi connectivity index (χ3v) is 4.32. The van der Waals surface area contributed by atoms with Gasteiger partial charge in [0.05, 0.1) is 23.4 Å². The second kappa shape index (κ2) is 6.80. The fraction of sp³-hybridized carbons (Fsp3) is 0.158. The second-order valence-electron chi connectivity index (χ2n) is 5.31. The van der Waals surface area contributed by atoms with Gasteiger partial charge in [-0.15, -0.1) is 0 Å². The molecule has 1 heterocycles. The molecule has 3 rings (SSSR count). The summed E-state index contributed by atoms with van der Waals surface area (Å²) in [5.41, 5.74) is 3.21. The molecule has 24 heavy (non-hydrogen) atoms. The smallest absolute Gasteiger partial charge is 0.340 e. The number of fused-ring (bicyclic) bond motifs is 1. The molecule has 0 atom stereocenters. The van der Waals surface area contributed by atoms with Crippen LogP contribution in [0, 0.1) is 6.92 Å². The van der Waals surface area contributed by atoms with Gasteiger partial charge in [0.1, 0.15) is 0 Å². The van der Waals surface area contributed by atoms with Gasteiger partial charge in [-0.1, -0.05) is 41.4 Å². The van der Waals surface area contributed by atoms with Crippen molar-refractivity contribution in [3.8, 4) is 11.1 Å². The number of halogens is 2. The third kappa shape index (κ3) is 2.97. The van der Waals surface area contributed by atoms with E-state index in [1.54, 1.807) is 32.0 Å². The van der Waals surface area contributed by atoms with Gasteiger partial charge in [-0.25, -0.2) is 4.79 Å². The molecule has 0 aliphatic rings. The van der Waals surface area contributed by atoms with Gasteiger partial charge in [0, 0.05) is 26.6 Å². The summed E-state index contributed by atoms with van der Waals surface area (Å²) >= 11 is 12.6. The standard InChI is InChI=1S/C19H15Cl2NO2/c1-3-24-19(23)17-11(2)22-16-9-8-12(20)10-14(16)18(17)13-6-4-5-7-15(13)21/h4-10H,3H2,1-2H3. The number of aromatic nitrogens is 1. The van der Waals surface area contributed by atoms with Crippen molar-refractivity contribution >= 4 is 40.1 Å². The van der Waals surface area contributed by atoms with Crippen molar-refractivity contribution in [2.45, 2.75) is 13.8 Å². The lowest BCUT2D eigenvalue weighted by molar-refractivity contribution is 0.0526. The van der Waals surface area contributed by atoms with E-state index in [0.29, 0.717) is 26.9 Å². The highest BCUT2D eigenvalue weighted by Crippen LogP contribution is 2.38. The summed E-state index contributed by atoms with van der Waals surface area (Å²) in [7, 11) is 0. The molecule has 0 saturated heterocycles. The normalized spacial score (nSPS) is 10.8. The number of aryl methyl sites for hydroxylation is 1. The molecule has 2 aromatic carbocycles. The van der Waals surface area contributed by atoms with Crippen LogP contribution in [0.25, 0.3) is 22.0 Å². The molecule has 0 radical (unpaired) electrons.